The number of halogens is 1. The average Bonchev–Trinajstić information content (AvgIpc) is 2.61. The van der Waals surface area contributed by atoms with Gasteiger partial charge < -0.3 is 19.7 Å². The maximum absolute atomic E-state index is 12.7. The number of hydrogen-bond donors (Lipinski definition) is 1. The summed E-state index contributed by atoms with van der Waals surface area (Å²) in [5, 5.41) is 3.09. The predicted molar refractivity (Wildman–Crippen MR) is 109 cm³/mol. The first-order chi connectivity index (χ1) is 12.3. The van der Waals surface area contributed by atoms with Crippen molar-refractivity contribution >= 4 is 34.4 Å². The van der Waals surface area contributed by atoms with Crippen LogP contribution in [0.3, 0.4) is 0 Å². The van der Waals surface area contributed by atoms with Crippen molar-refractivity contribution in [3.63, 3.8) is 0 Å². The highest BCUT2D eigenvalue weighted by molar-refractivity contribution is 14.1. The van der Waals surface area contributed by atoms with Crippen molar-refractivity contribution in [3.05, 3.63) is 21.3 Å². The van der Waals surface area contributed by atoms with Crippen molar-refractivity contribution in [1.82, 2.24) is 10.2 Å². The van der Waals surface area contributed by atoms with E-state index in [0.717, 1.165) is 16.4 Å². The van der Waals surface area contributed by atoms with E-state index in [1.807, 2.05) is 4.90 Å². The Bertz CT molecular complexity index is 655. The molecular weight excluding hydrogens is 447 g/mol. The van der Waals surface area contributed by atoms with Crippen LogP contribution in [0.25, 0.3) is 0 Å². The summed E-state index contributed by atoms with van der Waals surface area (Å²) >= 11 is 2.13. The maximum Gasteiger partial charge on any atom is 0.252 e. The molecule has 7 heteroatoms. The largest absolute Gasteiger partial charge is 0.493 e. The van der Waals surface area contributed by atoms with Crippen LogP contribution in [0.4, 0.5) is 0 Å². The van der Waals surface area contributed by atoms with Crippen molar-refractivity contribution in [3.8, 4) is 11.5 Å². The summed E-state index contributed by atoms with van der Waals surface area (Å²) in [5.41, 5.74) is 0.571. The minimum Gasteiger partial charge on any atom is -0.493 e. The number of ether oxygens (including phenoxy) is 2. The van der Waals surface area contributed by atoms with E-state index in [9.17, 15) is 9.59 Å². The fourth-order valence-electron chi connectivity index (χ4n) is 3.04. The SMILES string of the molecule is COc1cc(I)c(C(=O)NC2CCN(C(=O)CC(C)C)CC2)cc1OC. The normalized spacial score (nSPS) is 15.1. The molecule has 0 aliphatic carbocycles. The molecule has 1 aromatic rings. The molecule has 0 aromatic heterocycles. The zero-order valence-electron chi connectivity index (χ0n) is 15.8. The number of methoxy groups -OCH3 is 2. The van der Waals surface area contributed by atoms with Gasteiger partial charge in [-0.05, 0) is 53.5 Å². The molecule has 1 saturated heterocycles. The van der Waals surface area contributed by atoms with Gasteiger partial charge in [0, 0.05) is 29.1 Å². The molecule has 1 fully saturated rings. The fraction of sp³-hybridized carbons (Fsp3) is 0.579. The molecule has 1 aliphatic rings. The predicted octanol–water partition coefficient (Wildman–Crippen LogP) is 3.08. The number of amides is 2. The molecule has 0 spiro atoms. The van der Waals surface area contributed by atoms with Crippen molar-refractivity contribution in [2.24, 2.45) is 5.92 Å². The second kappa shape index (κ2) is 9.43. The molecule has 1 aliphatic heterocycles. The van der Waals surface area contributed by atoms with Crippen LogP contribution in [0.5, 0.6) is 11.5 Å². The molecule has 1 N–H and O–H groups in total. The molecule has 0 saturated carbocycles. The summed E-state index contributed by atoms with van der Waals surface area (Å²) in [6.45, 7) is 5.49. The number of nitrogens with zero attached hydrogens (tertiary/aromatic N) is 1. The quantitative estimate of drug-likeness (QED) is 0.644. The number of carbonyl (C=O) groups is 2. The molecule has 0 radical (unpaired) electrons. The Hall–Kier alpha value is -1.51. The van der Waals surface area contributed by atoms with Gasteiger partial charge in [0.05, 0.1) is 19.8 Å². The molecule has 6 nitrogen and oxygen atoms in total. The minimum atomic E-state index is -0.123. The van der Waals surface area contributed by atoms with Gasteiger partial charge in [0.1, 0.15) is 0 Å². The second-order valence-electron chi connectivity index (χ2n) is 6.91. The first-order valence-electron chi connectivity index (χ1n) is 8.85. The monoisotopic (exact) mass is 474 g/mol. The Labute approximate surface area is 168 Å². The third-order valence-electron chi connectivity index (χ3n) is 4.48. The molecule has 1 aromatic carbocycles. The van der Waals surface area contributed by atoms with Crippen LogP contribution >= 0.6 is 22.6 Å². The van der Waals surface area contributed by atoms with Gasteiger partial charge >= 0.3 is 0 Å². The Kier molecular flexibility index (Phi) is 7.55. The van der Waals surface area contributed by atoms with Gasteiger partial charge in [-0.3, -0.25) is 9.59 Å². The summed E-state index contributed by atoms with van der Waals surface area (Å²) in [5.74, 6) is 1.59. The van der Waals surface area contributed by atoms with E-state index in [1.54, 1.807) is 26.4 Å². The van der Waals surface area contributed by atoms with Crippen LogP contribution in [0, 0.1) is 9.49 Å². The third kappa shape index (κ3) is 5.25. The molecule has 0 atom stereocenters. The van der Waals surface area contributed by atoms with E-state index >= 15 is 0 Å². The first kappa shape index (κ1) is 20.8. The van der Waals surface area contributed by atoms with Gasteiger partial charge in [0.15, 0.2) is 11.5 Å². The number of rotatable bonds is 6. The molecule has 2 rings (SSSR count). The molecular formula is C19H27IN2O4. The van der Waals surface area contributed by atoms with Gasteiger partial charge in [-0.25, -0.2) is 0 Å². The highest BCUT2D eigenvalue weighted by Crippen LogP contribution is 2.31. The van der Waals surface area contributed by atoms with E-state index in [2.05, 4.69) is 41.8 Å². The molecule has 0 unspecified atom stereocenters. The Morgan fingerprint density at radius 2 is 1.77 bits per heavy atom. The van der Waals surface area contributed by atoms with Gasteiger partial charge in [-0.15, -0.1) is 0 Å². The number of piperidine rings is 1. The van der Waals surface area contributed by atoms with Crippen molar-refractivity contribution in [1.29, 1.82) is 0 Å². The summed E-state index contributed by atoms with van der Waals surface area (Å²) in [7, 11) is 3.12. The number of carbonyl (C=O) groups excluding carboxylic acids is 2. The number of benzene rings is 1. The van der Waals surface area contributed by atoms with Crippen molar-refractivity contribution < 1.29 is 19.1 Å². The number of nitrogens with one attached hydrogen (secondary N) is 1. The average molecular weight is 474 g/mol. The lowest BCUT2D eigenvalue weighted by atomic mass is 10.0. The lowest BCUT2D eigenvalue weighted by Crippen LogP contribution is -2.46. The van der Waals surface area contributed by atoms with E-state index in [1.165, 1.54) is 0 Å². The lowest BCUT2D eigenvalue weighted by Gasteiger charge is -2.33. The summed E-state index contributed by atoms with van der Waals surface area (Å²) < 4.78 is 11.4. The fourth-order valence-corrected chi connectivity index (χ4v) is 3.73. The summed E-state index contributed by atoms with van der Waals surface area (Å²) in [4.78, 5) is 26.7. The Morgan fingerprint density at radius 1 is 1.19 bits per heavy atom. The maximum atomic E-state index is 12.7. The number of likely N-dealkylation sites (tertiary alicyclic amines) is 1. The van der Waals surface area contributed by atoms with Crippen LogP contribution in [0.15, 0.2) is 12.1 Å². The Balaban J connectivity index is 1.96. The van der Waals surface area contributed by atoms with Crippen molar-refractivity contribution in [2.45, 2.75) is 39.2 Å². The summed E-state index contributed by atoms with van der Waals surface area (Å²) in [6, 6.07) is 3.58. The van der Waals surface area contributed by atoms with E-state index < -0.39 is 0 Å². The van der Waals surface area contributed by atoms with E-state index in [-0.39, 0.29) is 17.9 Å². The van der Waals surface area contributed by atoms with Crippen LogP contribution in [0.1, 0.15) is 43.5 Å². The minimum absolute atomic E-state index is 0.0782. The zero-order chi connectivity index (χ0) is 19.3. The molecule has 26 heavy (non-hydrogen) atoms. The third-order valence-corrected chi connectivity index (χ3v) is 5.38. The topological polar surface area (TPSA) is 67.9 Å². The van der Waals surface area contributed by atoms with Crippen LogP contribution in [-0.2, 0) is 4.79 Å². The highest BCUT2D eigenvalue weighted by Gasteiger charge is 2.25. The second-order valence-corrected chi connectivity index (χ2v) is 8.08. The smallest absolute Gasteiger partial charge is 0.252 e. The van der Waals surface area contributed by atoms with E-state index in [0.29, 0.717) is 42.5 Å². The lowest BCUT2D eigenvalue weighted by molar-refractivity contribution is -0.133. The Morgan fingerprint density at radius 3 is 2.31 bits per heavy atom. The van der Waals surface area contributed by atoms with Gasteiger partial charge in [0.25, 0.3) is 5.91 Å². The first-order valence-corrected chi connectivity index (χ1v) is 9.93. The standard InChI is InChI=1S/C19H27IN2O4/c1-12(2)9-18(23)22-7-5-13(6-8-22)21-19(24)14-10-16(25-3)17(26-4)11-15(14)20/h10-13H,5-9H2,1-4H3,(H,21,24). The number of hydrogen-bond acceptors (Lipinski definition) is 4. The van der Waals surface area contributed by atoms with Gasteiger partial charge in [-0.2, -0.15) is 0 Å². The van der Waals surface area contributed by atoms with Crippen LogP contribution in [0.2, 0.25) is 0 Å². The van der Waals surface area contributed by atoms with Crippen molar-refractivity contribution in [2.75, 3.05) is 27.3 Å². The molecule has 144 valence electrons. The molecule has 1 heterocycles. The highest BCUT2D eigenvalue weighted by atomic mass is 127. The van der Waals surface area contributed by atoms with Crippen LogP contribution < -0.4 is 14.8 Å². The van der Waals surface area contributed by atoms with Gasteiger partial charge in [-0.1, -0.05) is 13.8 Å². The summed E-state index contributed by atoms with van der Waals surface area (Å²) in [6.07, 6.45) is 2.14. The molecule has 0 bridgehead atoms. The van der Waals surface area contributed by atoms with Gasteiger partial charge in [0.2, 0.25) is 5.91 Å². The van der Waals surface area contributed by atoms with E-state index in [4.69, 9.17) is 9.47 Å². The zero-order valence-corrected chi connectivity index (χ0v) is 18.0. The van der Waals surface area contributed by atoms with Crippen LogP contribution in [-0.4, -0.2) is 50.1 Å². The molecule has 2 amide bonds.